The number of carbonyl (C=O) groups excluding carboxylic acids is 2. The van der Waals surface area contributed by atoms with Crippen LogP contribution in [0, 0.1) is 0 Å². The summed E-state index contributed by atoms with van der Waals surface area (Å²) in [5, 5.41) is 0. The number of nitrogens with zero attached hydrogens (tertiary/aromatic N) is 2. The number of rotatable bonds is 20. The van der Waals surface area contributed by atoms with Gasteiger partial charge in [0, 0.05) is 53.4 Å². The fourth-order valence-corrected chi connectivity index (χ4v) is 6.90. The molecule has 0 spiro atoms. The van der Waals surface area contributed by atoms with Crippen molar-refractivity contribution in [1.29, 1.82) is 0 Å². The maximum absolute atomic E-state index is 12.9. The molecular weight excluding hydrogens is 693 g/mol. The summed E-state index contributed by atoms with van der Waals surface area (Å²) in [5.74, 6) is -0.234. The third-order valence-electron chi connectivity index (χ3n) is 9.98. The molecule has 0 aliphatic rings. The standard InChI is InChI=1S/C50H52N2O4/c1-39(53)40-21-29-46(30-22-40)51(44-17-11-9-12-18-44)47-31-23-41(24-32-47)42-25-33-48(34-26-42)52(45-19-13-10-14-20-45)49-35-27-43(28-36-49)50(54)56-38-16-8-6-4-3-5-7-15-37-55-2/h9-14,17-36H,3-8,15-16,37-38H2,1-2H3. The molecule has 286 valence electrons. The first-order valence-corrected chi connectivity index (χ1v) is 19.8. The van der Waals surface area contributed by atoms with Gasteiger partial charge in [0.15, 0.2) is 5.78 Å². The summed E-state index contributed by atoms with van der Waals surface area (Å²) in [4.78, 5) is 29.2. The summed E-state index contributed by atoms with van der Waals surface area (Å²) in [6.45, 7) is 2.88. The average molecular weight is 745 g/mol. The second kappa shape index (κ2) is 20.6. The lowest BCUT2D eigenvalue weighted by Gasteiger charge is -2.26. The number of Topliss-reactive ketones (excluding diaryl/α,β-unsaturated/α-hetero) is 1. The Labute approximate surface area is 332 Å². The first kappa shape index (κ1) is 39.7. The third-order valence-corrected chi connectivity index (χ3v) is 9.98. The predicted octanol–water partition coefficient (Wildman–Crippen LogP) is 13.4. The lowest BCUT2D eigenvalue weighted by molar-refractivity contribution is 0.0497. The second-order valence-corrected chi connectivity index (χ2v) is 14.0. The van der Waals surface area contributed by atoms with E-state index in [1.54, 1.807) is 14.0 Å². The summed E-state index contributed by atoms with van der Waals surface area (Å²) < 4.78 is 10.7. The third kappa shape index (κ3) is 10.8. The lowest BCUT2D eigenvalue weighted by atomic mass is 10.0. The molecule has 56 heavy (non-hydrogen) atoms. The van der Waals surface area contributed by atoms with E-state index in [-0.39, 0.29) is 11.8 Å². The Morgan fingerprint density at radius 3 is 1.14 bits per heavy atom. The van der Waals surface area contributed by atoms with Gasteiger partial charge >= 0.3 is 5.97 Å². The monoisotopic (exact) mass is 744 g/mol. The molecule has 0 N–H and O–H groups in total. The molecule has 0 amide bonds. The van der Waals surface area contributed by atoms with Crippen LogP contribution in [-0.4, -0.2) is 32.1 Å². The molecule has 6 aromatic rings. The van der Waals surface area contributed by atoms with Crippen LogP contribution in [-0.2, 0) is 9.47 Å². The minimum atomic E-state index is -0.283. The fraction of sp³-hybridized carbons (Fsp3) is 0.240. The largest absolute Gasteiger partial charge is 0.462 e. The summed E-state index contributed by atoms with van der Waals surface area (Å²) >= 11 is 0. The number of para-hydroxylation sites is 2. The van der Waals surface area contributed by atoms with Gasteiger partial charge in [0.1, 0.15) is 0 Å². The summed E-state index contributed by atoms with van der Waals surface area (Å²) in [5.41, 5.74) is 9.45. The summed E-state index contributed by atoms with van der Waals surface area (Å²) in [7, 11) is 1.76. The van der Waals surface area contributed by atoms with Crippen LogP contribution in [0.15, 0.2) is 158 Å². The molecule has 0 radical (unpaired) electrons. The van der Waals surface area contributed by atoms with Crippen LogP contribution < -0.4 is 9.80 Å². The molecule has 0 aromatic heterocycles. The number of ether oxygens (including phenoxy) is 2. The molecule has 0 unspecified atom stereocenters. The zero-order valence-corrected chi connectivity index (χ0v) is 32.6. The quantitative estimate of drug-likeness (QED) is 0.0441. The van der Waals surface area contributed by atoms with Crippen LogP contribution >= 0.6 is 0 Å². The van der Waals surface area contributed by atoms with E-state index in [9.17, 15) is 9.59 Å². The molecule has 0 saturated carbocycles. The van der Waals surface area contributed by atoms with Crippen molar-refractivity contribution in [3.63, 3.8) is 0 Å². The normalized spacial score (nSPS) is 10.9. The van der Waals surface area contributed by atoms with Gasteiger partial charge in [0.2, 0.25) is 0 Å². The van der Waals surface area contributed by atoms with Gasteiger partial charge in [-0.2, -0.15) is 0 Å². The summed E-state index contributed by atoms with van der Waals surface area (Å²) in [6, 6.07) is 53.0. The van der Waals surface area contributed by atoms with Gasteiger partial charge in [-0.3, -0.25) is 4.79 Å². The predicted molar refractivity (Wildman–Crippen MR) is 230 cm³/mol. The minimum absolute atomic E-state index is 0.0488. The van der Waals surface area contributed by atoms with Crippen LogP contribution in [0.4, 0.5) is 34.1 Å². The SMILES string of the molecule is COCCCCCCCCCCOC(=O)c1ccc(N(c2ccccc2)c2ccc(-c3ccc(N(c4ccccc4)c4ccc(C(C)=O)cc4)cc3)cc2)cc1. The van der Waals surface area contributed by atoms with E-state index in [2.05, 4.69) is 82.6 Å². The molecule has 0 fully saturated rings. The number of ketones is 1. The Hall–Kier alpha value is -5.98. The smallest absolute Gasteiger partial charge is 0.338 e. The van der Waals surface area contributed by atoms with Crippen LogP contribution in [0.2, 0.25) is 0 Å². The average Bonchev–Trinajstić information content (AvgIpc) is 3.25. The highest BCUT2D eigenvalue weighted by Crippen LogP contribution is 2.38. The Balaban J connectivity index is 1.11. The Morgan fingerprint density at radius 2 is 0.750 bits per heavy atom. The van der Waals surface area contributed by atoms with E-state index in [1.807, 2.05) is 84.9 Å². The number of hydrogen-bond acceptors (Lipinski definition) is 6. The van der Waals surface area contributed by atoms with E-state index in [4.69, 9.17) is 9.47 Å². The molecule has 0 aliphatic carbocycles. The number of hydrogen-bond donors (Lipinski definition) is 0. The highest BCUT2D eigenvalue weighted by molar-refractivity contribution is 5.95. The van der Waals surface area contributed by atoms with Gasteiger partial charge < -0.3 is 19.3 Å². The van der Waals surface area contributed by atoms with Crippen molar-refractivity contribution in [2.45, 2.75) is 58.3 Å². The summed E-state index contributed by atoms with van der Waals surface area (Å²) in [6.07, 6.45) is 9.25. The van der Waals surface area contributed by atoms with E-state index < -0.39 is 0 Å². The topological polar surface area (TPSA) is 59.1 Å². The number of carbonyl (C=O) groups is 2. The molecule has 0 bridgehead atoms. The van der Waals surface area contributed by atoms with Gasteiger partial charge in [-0.15, -0.1) is 0 Å². The Kier molecular flexibility index (Phi) is 14.6. The first-order chi connectivity index (χ1) is 27.5. The zero-order chi connectivity index (χ0) is 39.0. The van der Waals surface area contributed by atoms with Crippen LogP contribution in [0.1, 0.15) is 79.0 Å². The van der Waals surface area contributed by atoms with Crippen molar-refractivity contribution < 1.29 is 19.1 Å². The van der Waals surface area contributed by atoms with Gasteiger partial charge in [-0.05, 0) is 128 Å². The second-order valence-electron chi connectivity index (χ2n) is 14.0. The maximum atomic E-state index is 12.9. The van der Waals surface area contributed by atoms with E-state index in [0.29, 0.717) is 17.7 Å². The first-order valence-electron chi connectivity index (χ1n) is 19.8. The number of anilines is 6. The number of benzene rings is 6. The number of methoxy groups -OCH3 is 1. The molecule has 6 heteroatoms. The van der Waals surface area contributed by atoms with Crippen LogP contribution in [0.25, 0.3) is 11.1 Å². The Bertz CT molecular complexity index is 2080. The van der Waals surface area contributed by atoms with E-state index >= 15 is 0 Å². The molecule has 6 rings (SSSR count). The van der Waals surface area contributed by atoms with Crippen molar-refractivity contribution >= 4 is 45.9 Å². The minimum Gasteiger partial charge on any atom is -0.462 e. The van der Waals surface area contributed by atoms with Gasteiger partial charge in [-0.25, -0.2) is 4.79 Å². The Morgan fingerprint density at radius 1 is 0.411 bits per heavy atom. The van der Waals surface area contributed by atoms with Crippen molar-refractivity contribution in [2.24, 2.45) is 0 Å². The molecular formula is C50H52N2O4. The van der Waals surface area contributed by atoms with Gasteiger partial charge in [-0.1, -0.05) is 99.2 Å². The zero-order valence-electron chi connectivity index (χ0n) is 32.6. The number of unbranched alkanes of at least 4 members (excludes halogenated alkanes) is 7. The molecule has 6 aromatic carbocycles. The lowest BCUT2D eigenvalue weighted by Crippen LogP contribution is -2.11. The van der Waals surface area contributed by atoms with Crippen molar-refractivity contribution in [1.82, 2.24) is 0 Å². The van der Waals surface area contributed by atoms with Gasteiger partial charge in [0.05, 0.1) is 12.2 Å². The molecule has 0 atom stereocenters. The molecule has 0 aliphatic heterocycles. The van der Waals surface area contributed by atoms with Gasteiger partial charge in [0.25, 0.3) is 0 Å². The molecule has 0 heterocycles. The van der Waals surface area contributed by atoms with E-state index in [0.717, 1.165) is 71.1 Å². The highest BCUT2D eigenvalue weighted by atomic mass is 16.5. The molecule has 0 saturated heterocycles. The van der Waals surface area contributed by atoms with Crippen LogP contribution in [0.3, 0.4) is 0 Å². The van der Waals surface area contributed by atoms with E-state index in [1.165, 1.54) is 32.1 Å². The molecule has 6 nitrogen and oxygen atoms in total. The van der Waals surface area contributed by atoms with Crippen molar-refractivity contribution in [3.05, 3.63) is 169 Å². The van der Waals surface area contributed by atoms with Crippen LogP contribution in [0.5, 0.6) is 0 Å². The fourth-order valence-electron chi connectivity index (χ4n) is 6.90. The maximum Gasteiger partial charge on any atom is 0.338 e. The van der Waals surface area contributed by atoms with Crippen molar-refractivity contribution in [2.75, 3.05) is 30.1 Å². The highest BCUT2D eigenvalue weighted by Gasteiger charge is 2.16. The van der Waals surface area contributed by atoms with Crippen molar-refractivity contribution in [3.8, 4) is 11.1 Å². The number of esters is 1.